The van der Waals surface area contributed by atoms with Crippen LogP contribution in [0.15, 0.2) is 71.6 Å². The standard InChI is InChI=1S/C23H23N3O5S/c1-16-20(11-12-21(26-16)18-5-3-2-4-6-18)23(28)31-15-22(27)25-14-13-17-7-9-19(10-8-17)32(24,29)30/h2-12H,13-15H2,1H3,(H,25,27)(H2,24,29,30). The molecule has 0 saturated heterocycles. The minimum atomic E-state index is -3.73. The van der Waals surface area contributed by atoms with E-state index in [1.807, 2.05) is 30.3 Å². The van der Waals surface area contributed by atoms with Crippen molar-refractivity contribution >= 4 is 21.9 Å². The van der Waals surface area contributed by atoms with Crippen LogP contribution in [-0.4, -0.2) is 38.4 Å². The van der Waals surface area contributed by atoms with Gasteiger partial charge >= 0.3 is 5.97 Å². The van der Waals surface area contributed by atoms with Crippen molar-refractivity contribution < 1.29 is 22.7 Å². The number of sulfonamides is 1. The lowest BCUT2D eigenvalue weighted by atomic mass is 10.1. The highest BCUT2D eigenvalue weighted by Gasteiger charge is 2.14. The Kier molecular flexibility index (Phi) is 7.34. The summed E-state index contributed by atoms with van der Waals surface area (Å²) in [6.07, 6.45) is 0.481. The van der Waals surface area contributed by atoms with Gasteiger partial charge in [0.2, 0.25) is 10.0 Å². The highest BCUT2D eigenvalue weighted by molar-refractivity contribution is 7.89. The molecule has 0 radical (unpaired) electrons. The van der Waals surface area contributed by atoms with Gasteiger partial charge in [-0.05, 0) is 43.2 Å². The molecule has 0 spiro atoms. The maximum atomic E-state index is 12.3. The summed E-state index contributed by atoms with van der Waals surface area (Å²) in [7, 11) is -3.73. The van der Waals surface area contributed by atoms with Gasteiger partial charge in [-0.15, -0.1) is 0 Å². The number of aryl methyl sites for hydroxylation is 1. The molecule has 1 amide bonds. The van der Waals surface area contributed by atoms with E-state index in [0.717, 1.165) is 16.8 Å². The zero-order valence-electron chi connectivity index (χ0n) is 17.4. The third-order valence-corrected chi connectivity index (χ3v) is 5.63. The van der Waals surface area contributed by atoms with E-state index in [9.17, 15) is 18.0 Å². The number of carbonyl (C=O) groups excluding carboxylic acids is 2. The Morgan fingerprint density at radius 3 is 2.31 bits per heavy atom. The molecule has 2 aromatic carbocycles. The summed E-state index contributed by atoms with van der Waals surface area (Å²) in [5.74, 6) is -1.06. The number of benzene rings is 2. The summed E-state index contributed by atoms with van der Waals surface area (Å²) in [6.45, 7) is 1.60. The fraction of sp³-hybridized carbons (Fsp3) is 0.174. The predicted molar refractivity (Wildman–Crippen MR) is 119 cm³/mol. The molecule has 8 nitrogen and oxygen atoms in total. The van der Waals surface area contributed by atoms with Crippen LogP contribution in [0.1, 0.15) is 21.6 Å². The largest absolute Gasteiger partial charge is 0.452 e. The van der Waals surface area contributed by atoms with Crippen LogP contribution >= 0.6 is 0 Å². The molecule has 166 valence electrons. The Labute approximate surface area is 186 Å². The summed E-state index contributed by atoms with van der Waals surface area (Å²) in [5.41, 5.74) is 3.32. The van der Waals surface area contributed by atoms with E-state index >= 15 is 0 Å². The number of carbonyl (C=O) groups is 2. The van der Waals surface area contributed by atoms with Crippen LogP contribution < -0.4 is 10.5 Å². The first kappa shape index (κ1) is 23.1. The Morgan fingerprint density at radius 2 is 1.69 bits per heavy atom. The zero-order chi connectivity index (χ0) is 23.1. The fourth-order valence-electron chi connectivity index (χ4n) is 3.00. The van der Waals surface area contributed by atoms with Gasteiger partial charge in [-0.2, -0.15) is 0 Å². The Bertz CT molecular complexity index is 1210. The summed E-state index contributed by atoms with van der Waals surface area (Å²) in [6, 6.07) is 19.0. The number of amides is 1. The Morgan fingerprint density at radius 1 is 1.00 bits per heavy atom. The van der Waals surface area contributed by atoms with Gasteiger partial charge in [-0.3, -0.25) is 9.78 Å². The van der Waals surface area contributed by atoms with Gasteiger partial charge in [0.1, 0.15) is 0 Å². The van der Waals surface area contributed by atoms with Gasteiger partial charge in [-0.1, -0.05) is 42.5 Å². The molecule has 3 N–H and O–H groups in total. The molecule has 0 bridgehead atoms. The summed E-state index contributed by atoms with van der Waals surface area (Å²) in [5, 5.41) is 7.71. The monoisotopic (exact) mass is 453 g/mol. The van der Waals surface area contributed by atoms with Gasteiger partial charge in [-0.25, -0.2) is 18.4 Å². The molecule has 1 heterocycles. The van der Waals surface area contributed by atoms with Crippen molar-refractivity contribution in [2.24, 2.45) is 5.14 Å². The lowest BCUT2D eigenvalue weighted by Crippen LogP contribution is -2.30. The molecule has 32 heavy (non-hydrogen) atoms. The number of nitrogens with zero attached hydrogens (tertiary/aromatic N) is 1. The molecular formula is C23H23N3O5S. The second-order valence-electron chi connectivity index (χ2n) is 7.06. The highest BCUT2D eigenvalue weighted by Crippen LogP contribution is 2.19. The highest BCUT2D eigenvalue weighted by atomic mass is 32.2. The van der Waals surface area contributed by atoms with Gasteiger partial charge in [0.05, 0.1) is 21.8 Å². The maximum Gasteiger partial charge on any atom is 0.340 e. The smallest absolute Gasteiger partial charge is 0.340 e. The third-order valence-electron chi connectivity index (χ3n) is 4.70. The number of hydrogen-bond acceptors (Lipinski definition) is 6. The molecule has 0 saturated carbocycles. The average molecular weight is 454 g/mol. The van der Waals surface area contributed by atoms with E-state index in [-0.39, 0.29) is 4.90 Å². The quantitative estimate of drug-likeness (QED) is 0.503. The van der Waals surface area contributed by atoms with Gasteiger partial charge in [0.25, 0.3) is 5.91 Å². The molecular weight excluding hydrogens is 430 g/mol. The summed E-state index contributed by atoms with van der Waals surface area (Å²) < 4.78 is 27.6. The molecule has 3 rings (SSSR count). The second kappa shape index (κ2) is 10.2. The number of nitrogens with two attached hydrogens (primary N) is 1. The molecule has 0 unspecified atom stereocenters. The summed E-state index contributed by atoms with van der Waals surface area (Å²) >= 11 is 0. The van der Waals surface area contributed by atoms with Crippen molar-refractivity contribution in [3.63, 3.8) is 0 Å². The van der Waals surface area contributed by atoms with Crippen molar-refractivity contribution in [2.75, 3.05) is 13.2 Å². The SMILES string of the molecule is Cc1nc(-c2ccccc2)ccc1C(=O)OCC(=O)NCCc1ccc(S(N)(=O)=O)cc1. The van der Waals surface area contributed by atoms with Crippen molar-refractivity contribution in [3.8, 4) is 11.3 Å². The molecule has 0 aliphatic carbocycles. The van der Waals surface area contributed by atoms with Crippen LogP contribution in [-0.2, 0) is 26.0 Å². The molecule has 0 fully saturated rings. The van der Waals surface area contributed by atoms with Crippen LogP contribution in [0.2, 0.25) is 0 Å². The topological polar surface area (TPSA) is 128 Å². The number of pyridine rings is 1. The average Bonchev–Trinajstić information content (AvgIpc) is 2.78. The Balaban J connectivity index is 1.47. The van der Waals surface area contributed by atoms with E-state index in [1.165, 1.54) is 12.1 Å². The lowest BCUT2D eigenvalue weighted by Gasteiger charge is -2.09. The van der Waals surface area contributed by atoms with Gasteiger partial charge < -0.3 is 10.1 Å². The molecule has 9 heteroatoms. The molecule has 1 aromatic heterocycles. The van der Waals surface area contributed by atoms with Crippen molar-refractivity contribution in [2.45, 2.75) is 18.2 Å². The van der Waals surface area contributed by atoms with Gasteiger partial charge in [0.15, 0.2) is 6.61 Å². The number of aromatic nitrogens is 1. The van der Waals surface area contributed by atoms with Crippen molar-refractivity contribution in [1.82, 2.24) is 10.3 Å². The van der Waals surface area contributed by atoms with Gasteiger partial charge in [0, 0.05) is 12.1 Å². The van der Waals surface area contributed by atoms with E-state index in [0.29, 0.717) is 24.2 Å². The number of hydrogen-bond donors (Lipinski definition) is 2. The molecule has 0 aliphatic heterocycles. The maximum absolute atomic E-state index is 12.3. The second-order valence-corrected chi connectivity index (χ2v) is 8.62. The molecule has 0 atom stereocenters. The zero-order valence-corrected chi connectivity index (χ0v) is 18.3. The minimum absolute atomic E-state index is 0.0267. The number of rotatable bonds is 8. The van der Waals surface area contributed by atoms with E-state index in [1.54, 1.807) is 31.2 Å². The fourth-order valence-corrected chi connectivity index (χ4v) is 3.51. The number of primary sulfonamides is 1. The summed E-state index contributed by atoms with van der Waals surface area (Å²) in [4.78, 5) is 28.8. The first-order chi connectivity index (χ1) is 15.2. The minimum Gasteiger partial charge on any atom is -0.452 e. The van der Waals surface area contributed by atoms with E-state index in [2.05, 4.69) is 10.3 Å². The molecule has 0 aliphatic rings. The normalized spacial score (nSPS) is 11.1. The predicted octanol–water partition coefficient (Wildman–Crippen LogP) is 2.22. The van der Waals surface area contributed by atoms with Crippen molar-refractivity contribution in [1.29, 1.82) is 0 Å². The van der Waals surface area contributed by atoms with E-state index in [4.69, 9.17) is 9.88 Å². The lowest BCUT2D eigenvalue weighted by molar-refractivity contribution is -0.124. The first-order valence-electron chi connectivity index (χ1n) is 9.82. The van der Waals surface area contributed by atoms with Crippen LogP contribution in [0.5, 0.6) is 0 Å². The van der Waals surface area contributed by atoms with Crippen LogP contribution in [0, 0.1) is 6.92 Å². The Hall–Kier alpha value is -3.56. The van der Waals surface area contributed by atoms with Crippen LogP contribution in [0.3, 0.4) is 0 Å². The first-order valence-corrected chi connectivity index (χ1v) is 11.4. The number of esters is 1. The molecule has 3 aromatic rings. The van der Waals surface area contributed by atoms with E-state index < -0.39 is 28.5 Å². The van der Waals surface area contributed by atoms with Crippen molar-refractivity contribution in [3.05, 3.63) is 83.6 Å². The number of ether oxygens (including phenoxy) is 1. The van der Waals surface area contributed by atoms with Crippen LogP contribution in [0.25, 0.3) is 11.3 Å². The number of nitrogens with one attached hydrogen (secondary N) is 1. The third kappa shape index (κ3) is 6.22. The van der Waals surface area contributed by atoms with Crippen LogP contribution in [0.4, 0.5) is 0 Å².